The van der Waals surface area contributed by atoms with Crippen molar-refractivity contribution in [3.8, 4) is 5.88 Å². The second-order valence-corrected chi connectivity index (χ2v) is 9.47. The summed E-state index contributed by atoms with van der Waals surface area (Å²) < 4.78 is 6.03. The molecule has 2 aromatic carbocycles. The van der Waals surface area contributed by atoms with E-state index in [4.69, 9.17) is 4.74 Å². The summed E-state index contributed by atoms with van der Waals surface area (Å²) in [6.07, 6.45) is 1.13. The topological polar surface area (TPSA) is 141 Å². The first-order valence-electron chi connectivity index (χ1n) is 11.5. The fourth-order valence-corrected chi connectivity index (χ4v) is 3.37. The second-order valence-electron chi connectivity index (χ2n) is 9.47. The molecule has 0 saturated heterocycles. The summed E-state index contributed by atoms with van der Waals surface area (Å²) in [5.74, 6) is -0.908. The van der Waals surface area contributed by atoms with Crippen LogP contribution in [0.15, 0.2) is 59.8 Å². The van der Waals surface area contributed by atoms with Gasteiger partial charge in [0.05, 0.1) is 17.7 Å². The highest BCUT2D eigenvalue weighted by atomic mass is 16.6. The molecule has 0 aliphatic carbocycles. The Kier molecular flexibility index (Phi) is 8.06. The summed E-state index contributed by atoms with van der Waals surface area (Å²) in [6, 6.07) is 13.7. The number of anilines is 1. The number of hydrogen-bond donors (Lipinski definition) is 2. The fraction of sp³-hybridized carbons (Fsp3) is 0.308. The minimum Gasteiger partial charge on any atom is -0.475 e. The summed E-state index contributed by atoms with van der Waals surface area (Å²) in [4.78, 5) is 35.6. The number of hydrazone groups is 1. The van der Waals surface area contributed by atoms with Gasteiger partial charge < -0.3 is 10.1 Å². The molecule has 1 aromatic heterocycles. The molecule has 194 valence electrons. The van der Waals surface area contributed by atoms with E-state index >= 15 is 0 Å². The lowest BCUT2D eigenvalue weighted by Crippen LogP contribution is -2.28. The monoisotopic (exact) mass is 506 g/mol. The predicted molar refractivity (Wildman–Crippen MR) is 140 cm³/mol. The largest absolute Gasteiger partial charge is 0.475 e. The van der Waals surface area contributed by atoms with E-state index in [1.807, 2.05) is 24.3 Å². The minimum atomic E-state index is -0.866. The molecule has 0 aliphatic heterocycles. The number of nitrogens with zero attached hydrogens (tertiary/aromatic N) is 4. The molecule has 11 nitrogen and oxygen atoms in total. The van der Waals surface area contributed by atoms with Crippen LogP contribution in [-0.2, 0) is 10.2 Å². The van der Waals surface area contributed by atoms with Gasteiger partial charge in [-0.3, -0.25) is 19.7 Å². The van der Waals surface area contributed by atoms with Gasteiger partial charge in [-0.15, -0.1) is 5.10 Å². The van der Waals surface area contributed by atoms with Crippen molar-refractivity contribution in [3.63, 3.8) is 0 Å². The van der Waals surface area contributed by atoms with Gasteiger partial charge in [0.25, 0.3) is 11.8 Å². The number of methoxy groups -OCH3 is 1. The molecule has 1 heterocycles. The third-order valence-electron chi connectivity index (χ3n) is 5.75. The fourth-order valence-electron chi connectivity index (χ4n) is 3.37. The van der Waals surface area contributed by atoms with Crippen molar-refractivity contribution in [3.05, 3.63) is 81.5 Å². The van der Waals surface area contributed by atoms with Crippen molar-refractivity contribution < 1.29 is 19.2 Å². The highest BCUT2D eigenvalue weighted by Crippen LogP contribution is 2.26. The van der Waals surface area contributed by atoms with E-state index in [2.05, 4.69) is 41.7 Å². The standard InChI is InChI=1S/C26H30N6O5/c1-16(28-29-23(33)17(2)31-15-22(32(35)36)25(30-31)37-6)18-9-13-21(14-10-18)27-24(34)19-7-11-20(12-8-19)26(3,4)5/h7-15,17H,1-6H3,(H,27,34)(H,29,33)/b28-16-/t17-/m1/s1. The first kappa shape index (κ1) is 27.1. The Morgan fingerprint density at radius 2 is 1.68 bits per heavy atom. The number of nitro groups is 1. The van der Waals surface area contributed by atoms with Gasteiger partial charge in [-0.05, 0) is 54.7 Å². The van der Waals surface area contributed by atoms with E-state index in [0.29, 0.717) is 17.0 Å². The number of carbonyl (C=O) groups is 2. The maximum absolute atomic E-state index is 12.6. The normalized spacial score (nSPS) is 12.5. The van der Waals surface area contributed by atoms with Gasteiger partial charge in [-0.2, -0.15) is 5.10 Å². The summed E-state index contributed by atoms with van der Waals surface area (Å²) in [7, 11) is 1.26. The van der Waals surface area contributed by atoms with E-state index in [9.17, 15) is 19.7 Å². The summed E-state index contributed by atoms with van der Waals surface area (Å²) in [5.41, 5.74) is 5.71. The van der Waals surface area contributed by atoms with Crippen molar-refractivity contribution in [2.24, 2.45) is 5.10 Å². The molecule has 11 heteroatoms. The van der Waals surface area contributed by atoms with E-state index in [0.717, 1.165) is 22.0 Å². The van der Waals surface area contributed by atoms with Gasteiger partial charge in [-0.1, -0.05) is 45.0 Å². The molecule has 0 radical (unpaired) electrons. The quantitative estimate of drug-likeness (QED) is 0.263. The minimum absolute atomic E-state index is 0.00915. The Bertz CT molecular complexity index is 1320. The average Bonchev–Trinajstić information content (AvgIpc) is 3.31. The van der Waals surface area contributed by atoms with Crippen molar-refractivity contribution in [1.29, 1.82) is 0 Å². The maximum Gasteiger partial charge on any atom is 0.350 e. The van der Waals surface area contributed by atoms with Crippen LogP contribution in [0.3, 0.4) is 0 Å². The van der Waals surface area contributed by atoms with Crippen molar-refractivity contribution >= 4 is 28.9 Å². The van der Waals surface area contributed by atoms with Crippen LogP contribution < -0.4 is 15.5 Å². The Morgan fingerprint density at radius 3 is 2.19 bits per heavy atom. The van der Waals surface area contributed by atoms with Crippen LogP contribution in [0.5, 0.6) is 5.88 Å². The van der Waals surface area contributed by atoms with Crippen LogP contribution in [0.25, 0.3) is 0 Å². The van der Waals surface area contributed by atoms with Gasteiger partial charge >= 0.3 is 11.6 Å². The van der Waals surface area contributed by atoms with Crippen LogP contribution in [-0.4, -0.2) is 39.3 Å². The lowest BCUT2D eigenvalue weighted by molar-refractivity contribution is -0.385. The SMILES string of the molecule is COc1nn([C@H](C)C(=O)N/N=C(/C)c2ccc(NC(=O)c3ccc(C(C)(C)C)cc3)cc2)cc1[N+](=O)[O-]. The number of carbonyl (C=O) groups excluding carboxylic acids is 2. The summed E-state index contributed by atoms with van der Waals surface area (Å²) >= 11 is 0. The van der Waals surface area contributed by atoms with Crippen molar-refractivity contribution in [2.45, 2.75) is 46.1 Å². The molecule has 0 unspecified atom stereocenters. The number of aromatic nitrogens is 2. The third-order valence-corrected chi connectivity index (χ3v) is 5.75. The molecule has 3 aromatic rings. The van der Waals surface area contributed by atoms with Crippen LogP contribution >= 0.6 is 0 Å². The van der Waals surface area contributed by atoms with Crippen molar-refractivity contribution in [1.82, 2.24) is 15.2 Å². The molecule has 0 bridgehead atoms. The first-order chi connectivity index (χ1) is 17.4. The second kappa shape index (κ2) is 11.0. The Balaban J connectivity index is 1.61. The van der Waals surface area contributed by atoms with E-state index in [1.165, 1.54) is 14.0 Å². The Hall–Kier alpha value is -4.54. The lowest BCUT2D eigenvalue weighted by Gasteiger charge is -2.19. The number of rotatable bonds is 8. The molecule has 2 N–H and O–H groups in total. The zero-order chi connectivity index (χ0) is 27.3. The highest BCUT2D eigenvalue weighted by molar-refractivity contribution is 6.05. The third kappa shape index (κ3) is 6.57. The molecule has 0 spiro atoms. The Labute approximate surface area is 214 Å². The van der Waals surface area contributed by atoms with Gasteiger partial charge in [0.2, 0.25) is 0 Å². The smallest absolute Gasteiger partial charge is 0.350 e. The number of benzene rings is 2. The maximum atomic E-state index is 12.6. The Morgan fingerprint density at radius 1 is 1.08 bits per heavy atom. The molecule has 0 fully saturated rings. The molecule has 1 atom stereocenters. The molecule has 0 saturated carbocycles. The lowest BCUT2D eigenvalue weighted by atomic mass is 9.87. The van der Waals surface area contributed by atoms with Crippen LogP contribution in [0.4, 0.5) is 11.4 Å². The summed E-state index contributed by atoms with van der Waals surface area (Å²) in [5, 5.41) is 22.0. The average molecular weight is 507 g/mol. The molecule has 37 heavy (non-hydrogen) atoms. The van der Waals surface area contributed by atoms with Crippen molar-refractivity contribution in [2.75, 3.05) is 12.4 Å². The molecule has 0 aliphatic rings. The molecule has 3 rings (SSSR count). The number of ether oxygens (including phenoxy) is 1. The summed E-state index contributed by atoms with van der Waals surface area (Å²) in [6.45, 7) is 9.60. The van der Waals surface area contributed by atoms with Crippen LogP contribution in [0, 0.1) is 10.1 Å². The molecular formula is C26H30N6O5. The van der Waals surface area contributed by atoms with Crippen LogP contribution in [0.2, 0.25) is 0 Å². The van der Waals surface area contributed by atoms with Gasteiger partial charge in [-0.25, -0.2) is 10.1 Å². The van der Waals surface area contributed by atoms with Gasteiger partial charge in [0.1, 0.15) is 12.2 Å². The highest BCUT2D eigenvalue weighted by Gasteiger charge is 2.25. The first-order valence-corrected chi connectivity index (χ1v) is 11.5. The number of nitrogens with one attached hydrogen (secondary N) is 2. The number of hydrogen-bond acceptors (Lipinski definition) is 7. The van der Waals surface area contributed by atoms with Crippen LogP contribution in [0.1, 0.15) is 62.1 Å². The molecular weight excluding hydrogens is 476 g/mol. The predicted octanol–water partition coefficient (Wildman–Crippen LogP) is 4.45. The number of amides is 2. The zero-order valence-electron chi connectivity index (χ0n) is 21.6. The van der Waals surface area contributed by atoms with Gasteiger partial charge in [0, 0.05) is 11.3 Å². The van der Waals surface area contributed by atoms with E-state index in [1.54, 1.807) is 31.2 Å². The zero-order valence-corrected chi connectivity index (χ0v) is 21.6. The van der Waals surface area contributed by atoms with E-state index < -0.39 is 16.9 Å². The molecule has 2 amide bonds. The van der Waals surface area contributed by atoms with Gasteiger partial charge in [0.15, 0.2) is 0 Å². The van der Waals surface area contributed by atoms with E-state index in [-0.39, 0.29) is 22.9 Å².